The van der Waals surface area contributed by atoms with Gasteiger partial charge < -0.3 is 10.7 Å². The number of rotatable bonds is 2. The highest BCUT2D eigenvalue weighted by atomic mass is 19.1. The lowest BCUT2D eigenvalue weighted by Gasteiger charge is -2.26. The molecule has 0 radical (unpaired) electrons. The summed E-state index contributed by atoms with van der Waals surface area (Å²) in [5, 5.41) is 0.599. The van der Waals surface area contributed by atoms with Crippen LogP contribution >= 0.6 is 0 Å². The Bertz CT molecular complexity index is 899. The fourth-order valence-electron chi connectivity index (χ4n) is 3.21. The van der Waals surface area contributed by atoms with Gasteiger partial charge in [-0.3, -0.25) is 4.79 Å². The Hall–Kier alpha value is -2.76. The first-order valence-electron chi connectivity index (χ1n) is 7.97. The third kappa shape index (κ3) is 3.24. The Morgan fingerprint density at radius 3 is 2.24 bits per heavy atom. The van der Waals surface area contributed by atoms with Crippen molar-refractivity contribution in [2.24, 2.45) is 5.73 Å². The molecule has 1 amide bonds. The van der Waals surface area contributed by atoms with Crippen LogP contribution < -0.4 is 5.73 Å². The van der Waals surface area contributed by atoms with Gasteiger partial charge in [-0.05, 0) is 60.2 Å². The van der Waals surface area contributed by atoms with Gasteiger partial charge in [-0.15, -0.1) is 0 Å². The Balaban J connectivity index is 0.000000569. The number of hydrogen-bond donors (Lipinski definition) is 2. The van der Waals surface area contributed by atoms with Gasteiger partial charge in [0.05, 0.1) is 11.2 Å². The molecule has 3 N–H and O–H groups in total. The van der Waals surface area contributed by atoms with Crippen LogP contribution in [0.1, 0.15) is 30.7 Å². The molecule has 1 aliphatic carbocycles. The highest BCUT2D eigenvalue weighted by Gasteiger charge is 2.27. The number of benzene rings is 2. The Kier molecular flexibility index (Phi) is 4.79. The smallest absolute Gasteiger partial charge is 0.204 e. The van der Waals surface area contributed by atoms with Crippen molar-refractivity contribution in [3.63, 3.8) is 0 Å². The monoisotopic (exact) mass is 346 g/mol. The molecular weight excluding hydrogens is 329 g/mol. The van der Waals surface area contributed by atoms with Crippen LogP contribution in [-0.2, 0) is 4.79 Å². The first-order valence-corrected chi connectivity index (χ1v) is 7.97. The van der Waals surface area contributed by atoms with E-state index in [0.29, 0.717) is 16.8 Å². The number of hydrogen-bond acceptors (Lipinski definition) is 1. The number of H-pyrrole nitrogens is 1. The molecule has 4 rings (SSSR count). The molecule has 0 spiro atoms. The molecule has 1 aromatic heterocycles. The van der Waals surface area contributed by atoms with E-state index in [9.17, 15) is 13.2 Å². The number of fused-ring (bicyclic) bond motifs is 1. The normalized spacial score (nSPS) is 13.9. The number of nitrogens with one attached hydrogen (secondary N) is 1. The van der Waals surface area contributed by atoms with E-state index in [0.717, 1.165) is 42.1 Å². The molecule has 130 valence electrons. The van der Waals surface area contributed by atoms with Gasteiger partial charge in [0.2, 0.25) is 6.41 Å². The maximum atomic E-state index is 14.1. The number of primary amides is 1. The molecule has 1 saturated carbocycles. The van der Waals surface area contributed by atoms with Crippen molar-refractivity contribution in [1.82, 2.24) is 4.98 Å². The fraction of sp³-hybridized carbons (Fsp3) is 0.211. The van der Waals surface area contributed by atoms with E-state index in [1.54, 1.807) is 12.1 Å². The molecule has 0 bridgehead atoms. The van der Waals surface area contributed by atoms with Crippen LogP contribution in [0.3, 0.4) is 0 Å². The number of carbonyl (C=O) groups is 1. The van der Waals surface area contributed by atoms with E-state index >= 15 is 0 Å². The van der Waals surface area contributed by atoms with E-state index in [-0.39, 0.29) is 12.2 Å². The van der Waals surface area contributed by atoms with Crippen molar-refractivity contribution >= 4 is 17.3 Å². The number of amides is 1. The average Bonchev–Trinajstić information content (AvgIpc) is 2.87. The number of aromatic nitrogens is 1. The minimum Gasteiger partial charge on any atom is -0.372 e. The molecule has 1 heterocycles. The van der Waals surface area contributed by atoms with Crippen LogP contribution in [0.15, 0.2) is 36.4 Å². The van der Waals surface area contributed by atoms with E-state index < -0.39 is 11.6 Å². The van der Waals surface area contributed by atoms with Gasteiger partial charge in [0.1, 0.15) is 17.5 Å². The third-order valence-corrected chi connectivity index (χ3v) is 4.51. The van der Waals surface area contributed by atoms with Crippen molar-refractivity contribution in [3.8, 4) is 11.3 Å². The SMILES string of the molecule is Fc1ccc(-c2[nH]c3c(F)cc(F)cc3c2C2CCC2)cc1.NC=O. The molecule has 3 aromatic rings. The highest BCUT2D eigenvalue weighted by molar-refractivity contribution is 5.92. The summed E-state index contributed by atoms with van der Waals surface area (Å²) in [7, 11) is 0. The van der Waals surface area contributed by atoms with Gasteiger partial charge >= 0.3 is 0 Å². The van der Waals surface area contributed by atoms with Gasteiger partial charge in [-0.2, -0.15) is 0 Å². The first-order chi connectivity index (χ1) is 12.0. The predicted molar refractivity (Wildman–Crippen MR) is 90.5 cm³/mol. The summed E-state index contributed by atoms with van der Waals surface area (Å²) in [5.74, 6) is -1.18. The standard InChI is InChI=1S/C18H14F3N.CH3NO/c19-12-6-4-11(5-7-12)17-16(10-2-1-3-10)14-8-13(20)9-15(21)18(14)22-17;2-1-3/h4-10,22H,1-3H2;1H,(H2,2,3). The van der Waals surface area contributed by atoms with Crippen molar-refractivity contribution in [1.29, 1.82) is 0 Å². The van der Waals surface area contributed by atoms with Crippen LogP contribution in [0, 0.1) is 17.5 Å². The maximum absolute atomic E-state index is 14.1. The fourth-order valence-corrected chi connectivity index (χ4v) is 3.21. The average molecular weight is 346 g/mol. The maximum Gasteiger partial charge on any atom is 0.204 e. The lowest BCUT2D eigenvalue weighted by atomic mass is 9.78. The molecule has 2 aromatic carbocycles. The lowest BCUT2D eigenvalue weighted by Crippen LogP contribution is -2.09. The Labute approximate surface area is 142 Å². The summed E-state index contributed by atoms with van der Waals surface area (Å²) in [6.07, 6.45) is 3.40. The second-order valence-electron chi connectivity index (χ2n) is 5.99. The van der Waals surface area contributed by atoms with Gasteiger partial charge in [-0.1, -0.05) is 6.42 Å². The predicted octanol–water partition coefficient (Wildman–Crippen LogP) is 4.62. The summed E-state index contributed by atoms with van der Waals surface area (Å²) in [6, 6.07) is 8.35. The summed E-state index contributed by atoms with van der Waals surface area (Å²) >= 11 is 0. The van der Waals surface area contributed by atoms with Crippen molar-refractivity contribution in [3.05, 3.63) is 59.4 Å². The zero-order valence-electron chi connectivity index (χ0n) is 13.4. The van der Waals surface area contributed by atoms with E-state index in [1.165, 1.54) is 18.2 Å². The zero-order valence-corrected chi connectivity index (χ0v) is 13.4. The number of aromatic amines is 1. The van der Waals surface area contributed by atoms with Gasteiger partial charge in [0.25, 0.3) is 0 Å². The number of carbonyl (C=O) groups excluding carboxylic acids is 1. The molecule has 3 nitrogen and oxygen atoms in total. The summed E-state index contributed by atoms with van der Waals surface area (Å²) < 4.78 is 40.8. The second kappa shape index (κ2) is 7.01. The summed E-state index contributed by atoms with van der Waals surface area (Å²) in [5.41, 5.74) is 7.00. The summed E-state index contributed by atoms with van der Waals surface area (Å²) in [6.45, 7) is 0. The van der Waals surface area contributed by atoms with Gasteiger partial charge in [0.15, 0.2) is 0 Å². The topological polar surface area (TPSA) is 58.9 Å². The molecule has 25 heavy (non-hydrogen) atoms. The van der Waals surface area contributed by atoms with Crippen molar-refractivity contribution < 1.29 is 18.0 Å². The molecule has 6 heteroatoms. The first kappa shape index (κ1) is 17.1. The van der Waals surface area contributed by atoms with Crippen LogP contribution in [0.4, 0.5) is 13.2 Å². The number of halogens is 3. The lowest BCUT2D eigenvalue weighted by molar-refractivity contribution is -0.106. The largest absolute Gasteiger partial charge is 0.372 e. The van der Waals surface area contributed by atoms with E-state index in [1.807, 2.05) is 0 Å². The quantitative estimate of drug-likeness (QED) is 0.654. The summed E-state index contributed by atoms with van der Waals surface area (Å²) in [4.78, 5) is 11.7. The van der Waals surface area contributed by atoms with Crippen molar-refractivity contribution in [2.75, 3.05) is 0 Å². The molecule has 1 fully saturated rings. The third-order valence-electron chi connectivity index (χ3n) is 4.51. The zero-order chi connectivity index (χ0) is 18.0. The van der Waals surface area contributed by atoms with E-state index in [2.05, 4.69) is 10.7 Å². The highest BCUT2D eigenvalue weighted by Crippen LogP contribution is 2.45. The van der Waals surface area contributed by atoms with Crippen molar-refractivity contribution in [2.45, 2.75) is 25.2 Å². The van der Waals surface area contributed by atoms with Crippen LogP contribution in [0.25, 0.3) is 22.2 Å². The molecule has 0 atom stereocenters. The Morgan fingerprint density at radius 2 is 1.68 bits per heavy atom. The van der Waals surface area contributed by atoms with Crippen LogP contribution in [-0.4, -0.2) is 11.4 Å². The minimum absolute atomic E-state index is 0.250. The molecular formula is C19H17F3N2O. The molecule has 0 saturated heterocycles. The van der Waals surface area contributed by atoms with Crippen LogP contribution in [0.2, 0.25) is 0 Å². The molecule has 0 unspecified atom stereocenters. The minimum atomic E-state index is -0.594. The van der Waals surface area contributed by atoms with Crippen LogP contribution in [0.5, 0.6) is 0 Å². The van der Waals surface area contributed by atoms with E-state index in [4.69, 9.17) is 4.79 Å². The van der Waals surface area contributed by atoms with Gasteiger partial charge in [-0.25, -0.2) is 13.2 Å². The Morgan fingerprint density at radius 1 is 1.04 bits per heavy atom. The number of nitrogens with two attached hydrogens (primary N) is 1. The molecule has 1 aliphatic rings. The van der Waals surface area contributed by atoms with Gasteiger partial charge in [0, 0.05) is 11.5 Å². The second-order valence-corrected chi connectivity index (χ2v) is 5.99. The molecule has 0 aliphatic heterocycles.